The molecule has 0 fully saturated rings. The van der Waals surface area contributed by atoms with Crippen LogP contribution in [0.2, 0.25) is 0 Å². The molecule has 2 aromatic heterocycles. The van der Waals surface area contributed by atoms with E-state index in [1.165, 1.54) is 22.3 Å². The van der Waals surface area contributed by atoms with Crippen LogP contribution < -0.4 is 5.73 Å². The van der Waals surface area contributed by atoms with E-state index in [1.807, 2.05) is 12.3 Å². The molecule has 96 valence electrons. The third-order valence-corrected chi connectivity index (χ3v) is 3.51. The largest absolute Gasteiger partial charge is 0.366 e. The molecule has 2 N–H and O–H groups in total. The van der Waals surface area contributed by atoms with Gasteiger partial charge in [0.2, 0.25) is 5.95 Å². The lowest BCUT2D eigenvalue weighted by Crippen LogP contribution is -1.93. The van der Waals surface area contributed by atoms with Crippen LogP contribution in [0.1, 0.15) is 16.7 Å². The third kappa shape index (κ3) is 1.95. The molecule has 0 aliphatic carbocycles. The number of fused-ring (bicyclic) bond motifs is 1. The molecule has 0 bridgehead atoms. The Labute approximate surface area is 111 Å². The van der Waals surface area contributed by atoms with Crippen molar-refractivity contribution < 1.29 is 0 Å². The van der Waals surface area contributed by atoms with Gasteiger partial charge in [-0.3, -0.25) is 0 Å². The number of aryl methyl sites for hydroxylation is 3. The first-order chi connectivity index (χ1) is 9.04. The molecule has 0 aliphatic heterocycles. The van der Waals surface area contributed by atoms with Gasteiger partial charge >= 0.3 is 0 Å². The third-order valence-electron chi connectivity index (χ3n) is 3.51. The molecule has 19 heavy (non-hydrogen) atoms. The van der Waals surface area contributed by atoms with Crippen LogP contribution in [0.15, 0.2) is 30.5 Å². The molecule has 0 saturated heterocycles. The average molecular weight is 252 g/mol. The summed E-state index contributed by atoms with van der Waals surface area (Å²) < 4.78 is 1.73. The predicted molar refractivity (Wildman–Crippen MR) is 77.0 cm³/mol. The minimum atomic E-state index is 0.302. The fourth-order valence-electron chi connectivity index (χ4n) is 2.25. The Balaban J connectivity index is 2.23. The quantitative estimate of drug-likeness (QED) is 0.724. The molecule has 4 nitrogen and oxygen atoms in total. The van der Waals surface area contributed by atoms with Gasteiger partial charge in [-0.2, -0.15) is 4.98 Å². The van der Waals surface area contributed by atoms with Gasteiger partial charge in [-0.15, -0.1) is 5.10 Å². The van der Waals surface area contributed by atoms with Gasteiger partial charge < -0.3 is 5.73 Å². The predicted octanol–water partition coefficient (Wildman–Crippen LogP) is 2.90. The van der Waals surface area contributed by atoms with Gasteiger partial charge in [-0.05, 0) is 49.1 Å². The monoisotopic (exact) mass is 252 g/mol. The SMILES string of the molecule is Cc1ccc(-c2cn3nc(N)nc3cc2C)cc1C. The second kappa shape index (κ2) is 4.09. The molecular formula is C15H16N4. The van der Waals surface area contributed by atoms with Crippen molar-refractivity contribution in [3.05, 3.63) is 47.2 Å². The van der Waals surface area contributed by atoms with E-state index >= 15 is 0 Å². The van der Waals surface area contributed by atoms with Crippen LogP contribution >= 0.6 is 0 Å². The van der Waals surface area contributed by atoms with E-state index in [9.17, 15) is 0 Å². The zero-order valence-electron chi connectivity index (χ0n) is 11.3. The highest BCUT2D eigenvalue weighted by Crippen LogP contribution is 2.26. The summed E-state index contributed by atoms with van der Waals surface area (Å²) >= 11 is 0. The number of anilines is 1. The lowest BCUT2D eigenvalue weighted by molar-refractivity contribution is 0.966. The summed E-state index contributed by atoms with van der Waals surface area (Å²) in [6.07, 6.45) is 1.98. The van der Waals surface area contributed by atoms with Gasteiger partial charge in [0.25, 0.3) is 0 Å². The van der Waals surface area contributed by atoms with Crippen LogP contribution in [0.5, 0.6) is 0 Å². The molecule has 0 spiro atoms. The summed E-state index contributed by atoms with van der Waals surface area (Å²) in [5.74, 6) is 0.302. The van der Waals surface area contributed by atoms with Crippen molar-refractivity contribution in [3.8, 4) is 11.1 Å². The number of nitrogens with two attached hydrogens (primary N) is 1. The van der Waals surface area contributed by atoms with E-state index in [1.54, 1.807) is 4.52 Å². The number of rotatable bonds is 1. The number of hydrogen-bond acceptors (Lipinski definition) is 3. The van der Waals surface area contributed by atoms with Crippen molar-refractivity contribution in [2.75, 3.05) is 5.73 Å². The van der Waals surface area contributed by atoms with Gasteiger partial charge in [0.15, 0.2) is 5.65 Å². The maximum atomic E-state index is 5.63. The van der Waals surface area contributed by atoms with Gasteiger partial charge in [0.05, 0.1) is 0 Å². The van der Waals surface area contributed by atoms with Gasteiger partial charge in [0.1, 0.15) is 0 Å². The molecule has 3 rings (SSSR count). The molecule has 1 aromatic carbocycles. The van der Waals surface area contributed by atoms with Gasteiger partial charge in [0, 0.05) is 11.8 Å². The fraction of sp³-hybridized carbons (Fsp3) is 0.200. The first-order valence-electron chi connectivity index (χ1n) is 6.25. The number of nitrogen functional groups attached to an aromatic ring is 1. The number of nitrogens with zero attached hydrogens (tertiary/aromatic N) is 3. The van der Waals surface area contributed by atoms with E-state index in [4.69, 9.17) is 5.73 Å². The van der Waals surface area contributed by atoms with Crippen molar-refractivity contribution in [1.82, 2.24) is 14.6 Å². The van der Waals surface area contributed by atoms with Crippen LogP contribution in [0.3, 0.4) is 0 Å². The Morgan fingerprint density at radius 3 is 2.53 bits per heavy atom. The lowest BCUT2D eigenvalue weighted by Gasteiger charge is -2.09. The number of hydrogen-bond donors (Lipinski definition) is 1. The fourth-order valence-corrected chi connectivity index (χ4v) is 2.25. The maximum absolute atomic E-state index is 5.63. The van der Waals surface area contributed by atoms with Crippen LogP contribution in [-0.4, -0.2) is 14.6 Å². The second-order valence-electron chi connectivity index (χ2n) is 4.94. The summed E-state index contributed by atoms with van der Waals surface area (Å²) in [6, 6.07) is 8.48. The highest BCUT2D eigenvalue weighted by Gasteiger charge is 2.08. The first-order valence-corrected chi connectivity index (χ1v) is 6.25. The Kier molecular flexibility index (Phi) is 2.52. The standard InChI is InChI=1S/C15H16N4/c1-9-4-5-12(6-10(9)2)13-8-19-14(7-11(13)3)17-15(16)18-19/h4-8H,1-3H3,(H2,16,18). The molecule has 0 unspecified atom stereocenters. The summed E-state index contributed by atoms with van der Waals surface area (Å²) in [7, 11) is 0. The summed E-state index contributed by atoms with van der Waals surface area (Å²) in [5, 5.41) is 4.16. The Morgan fingerprint density at radius 2 is 1.79 bits per heavy atom. The van der Waals surface area contributed by atoms with Crippen LogP contribution in [0.25, 0.3) is 16.8 Å². The van der Waals surface area contributed by atoms with Gasteiger partial charge in [-0.25, -0.2) is 4.52 Å². The van der Waals surface area contributed by atoms with Crippen molar-refractivity contribution >= 4 is 11.6 Å². The second-order valence-corrected chi connectivity index (χ2v) is 4.94. The number of pyridine rings is 1. The Morgan fingerprint density at radius 1 is 1.00 bits per heavy atom. The zero-order chi connectivity index (χ0) is 13.6. The van der Waals surface area contributed by atoms with E-state index in [2.05, 4.69) is 49.1 Å². The van der Waals surface area contributed by atoms with Crippen molar-refractivity contribution in [1.29, 1.82) is 0 Å². The molecule has 0 amide bonds. The molecule has 3 aromatic rings. The molecule has 0 atom stereocenters. The molecular weight excluding hydrogens is 236 g/mol. The minimum absolute atomic E-state index is 0.302. The average Bonchev–Trinajstić information content (AvgIpc) is 2.71. The van der Waals surface area contributed by atoms with Crippen LogP contribution in [-0.2, 0) is 0 Å². The van der Waals surface area contributed by atoms with Crippen LogP contribution in [0.4, 0.5) is 5.95 Å². The normalized spacial score (nSPS) is 11.1. The van der Waals surface area contributed by atoms with Crippen molar-refractivity contribution in [3.63, 3.8) is 0 Å². The smallest absolute Gasteiger partial charge is 0.240 e. The Bertz CT molecular complexity index is 771. The molecule has 0 saturated carbocycles. The van der Waals surface area contributed by atoms with E-state index in [0.717, 1.165) is 11.2 Å². The Hall–Kier alpha value is -2.36. The summed E-state index contributed by atoms with van der Waals surface area (Å²) in [5.41, 5.74) is 12.5. The van der Waals surface area contributed by atoms with E-state index < -0.39 is 0 Å². The van der Waals surface area contributed by atoms with Crippen molar-refractivity contribution in [2.45, 2.75) is 20.8 Å². The van der Waals surface area contributed by atoms with E-state index in [0.29, 0.717) is 5.95 Å². The van der Waals surface area contributed by atoms with Gasteiger partial charge in [-0.1, -0.05) is 18.2 Å². The molecule has 2 heterocycles. The highest BCUT2D eigenvalue weighted by molar-refractivity contribution is 5.69. The number of aromatic nitrogens is 3. The summed E-state index contributed by atoms with van der Waals surface area (Å²) in [4.78, 5) is 4.17. The molecule has 4 heteroatoms. The zero-order valence-corrected chi connectivity index (χ0v) is 11.3. The van der Waals surface area contributed by atoms with Crippen LogP contribution in [0, 0.1) is 20.8 Å². The maximum Gasteiger partial charge on any atom is 0.240 e. The number of benzene rings is 1. The summed E-state index contributed by atoms with van der Waals surface area (Å²) in [6.45, 7) is 6.32. The highest BCUT2D eigenvalue weighted by atomic mass is 15.3. The molecule has 0 aliphatic rings. The lowest BCUT2D eigenvalue weighted by atomic mass is 9.99. The first kappa shape index (κ1) is 11.7. The minimum Gasteiger partial charge on any atom is -0.366 e. The van der Waals surface area contributed by atoms with Crippen molar-refractivity contribution in [2.24, 2.45) is 0 Å². The molecule has 0 radical (unpaired) electrons. The topological polar surface area (TPSA) is 56.2 Å². The van der Waals surface area contributed by atoms with E-state index in [-0.39, 0.29) is 0 Å².